The monoisotopic (exact) mass is 620 g/mol. The van der Waals surface area contributed by atoms with E-state index in [4.69, 9.17) is 9.05 Å². The number of quaternary nitrogens is 1. The van der Waals surface area contributed by atoms with Crippen LogP contribution in [0.4, 0.5) is 0 Å². The molecule has 1 aromatic rings. The average Bonchev–Trinajstić information content (AvgIpc) is 3.18. The van der Waals surface area contributed by atoms with Gasteiger partial charge in [0.2, 0.25) is 0 Å². The molecule has 43 heavy (non-hydrogen) atoms. The van der Waals surface area contributed by atoms with Crippen molar-refractivity contribution >= 4 is 7.82 Å². The van der Waals surface area contributed by atoms with E-state index in [1.165, 1.54) is 108 Å². The van der Waals surface area contributed by atoms with E-state index in [1.54, 1.807) is 0 Å². The molecule has 1 saturated heterocycles. The lowest BCUT2D eigenvalue weighted by Gasteiger charge is -2.33. The van der Waals surface area contributed by atoms with Gasteiger partial charge < -0.3 is 9.38 Å². The summed E-state index contributed by atoms with van der Waals surface area (Å²) in [7, 11) is -1.69. The van der Waals surface area contributed by atoms with E-state index in [2.05, 4.69) is 56.5 Å². The Labute approximate surface area is 266 Å². The Hall–Kier alpha value is -0.970. The molecule has 1 fully saturated rings. The molecular formula is C37H67NO4P+. The number of nitrogens with zero attached hydrogens (tertiary/aromatic N) is 1. The van der Waals surface area contributed by atoms with Crippen molar-refractivity contribution < 1.29 is 23.0 Å². The highest BCUT2D eigenvalue weighted by molar-refractivity contribution is 7.47. The van der Waals surface area contributed by atoms with Gasteiger partial charge in [0.25, 0.3) is 0 Å². The standard InChI is InChI=1S/C37H66NO4P/c1-3-4-5-6-7-8-9-10-11-12-13-14-15-16-17-18-19-20-21-25-35-41-43(39,40)42-37-29-26-32-38(2,34-31-37)33-30-36-27-23-22-24-28-36/h10-11,22-24,27-28,37H,3-9,12-21,25-26,29-35H2,1-2H3/p+1/b11-10-. The Balaban J connectivity index is 1.39. The molecule has 3 unspecified atom stereocenters. The van der Waals surface area contributed by atoms with E-state index in [-0.39, 0.29) is 6.10 Å². The number of allylic oxidation sites excluding steroid dienone is 2. The Morgan fingerprint density at radius 1 is 0.791 bits per heavy atom. The molecule has 0 saturated carbocycles. The lowest BCUT2D eigenvalue weighted by Crippen LogP contribution is -2.46. The van der Waals surface area contributed by atoms with Crippen LogP contribution in [0.15, 0.2) is 42.5 Å². The zero-order valence-electron chi connectivity index (χ0n) is 28.1. The Bertz CT molecular complexity index is 863. The fourth-order valence-electron chi connectivity index (χ4n) is 6.24. The second-order valence-electron chi connectivity index (χ2n) is 13.3. The first-order valence-corrected chi connectivity index (χ1v) is 19.6. The van der Waals surface area contributed by atoms with E-state index in [1.807, 2.05) is 0 Å². The minimum absolute atomic E-state index is 0.195. The number of hydrogen-bond acceptors (Lipinski definition) is 3. The van der Waals surface area contributed by atoms with Crippen LogP contribution in [-0.4, -0.2) is 48.8 Å². The molecule has 0 aromatic heterocycles. The van der Waals surface area contributed by atoms with E-state index in [0.717, 1.165) is 62.6 Å². The molecule has 1 aromatic carbocycles. The first kappa shape index (κ1) is 38.2. The number of unbranched alkanes of at least 4 members (excludes halogenated alkanes) is 16. The largest absolute Gasteiger partial charge is 0.472 e. The number of likely N-dealkylation sites (tertiary alicyclic amines) is 1. The van der Waals surface area contributed by atoms with Gasteiger partial charge in [-0.2, -0.15) is 0 Å². The maximum absolute atomic E-state index is 12.6. The molecular weight excluding hydrogens is 553 g/mol. The summed E-state index contributed by atoms with van der Waals surface area (Å²) in [5.41, 5.74) is 1.37. The van der Waals surface area contributed by atoms with Gasteiger partial charge in [-0.15, -0.1) is 0 Å². The quantitative estimate of drug-likeness (QED) is 0.0484. The SMILES string of the molecule is CCCCCCCC/C=C\CCCCCCCCCCCCOP(=O)(O)OC1CCC[N+](C)(CCc2ccccc2)CC1. The van der Waals surface area contributed by atoms with Gasteiger partial charge in [0.15, 0.2) is 0 Å². The lowest BCUT2D eigenvalue weighted by atomic mass is 10.1. The maximum Gasteiger partial charge on any atom is 0.472 e. The van der Waals surface area contributed by atoms with Gasteiger partial charge >= 0.3 is 7.82 Å². The van der Waals surface area contributed by atoms with Crippen LogP contribution in [0, 0.1) is 0 Å². The van der Waals surface area contributed by atoms with Crippen LogP contribution in [-0.2, 0) is 20.0 Å². The van der Waals surface area contributed by atoms with Crippen molar-refractivity contribution in [3.63, 3.8) is 0 Å². The Morgan fingerprint density at radius 2 is 1.35 bits per heavy atom. The van der Waals surface area contributed by atoms with Crippen molar-refractivity contribution in [2.75, 3.05) is 33.3 Å². The summed E-state index contributed by atoms with van der Waals surface area (Å²) >= 11 is 0. The molecule has 1 aliphatic rings. The third kappa shape index (κ3) is 20.6. The van der Waals surface area contributed by atoms with Gasteiger partial charge in [0, 0.05) is 12.8 Å². The second kappa shape index (κ2) is 24.3. The maximum atomic E-state index is 12.6. The molecule has 0 amide bonds. The zero-order chi connectivity index (χ0) is 30.9. The fourth-order valence-corrected chi connectivity index (χ4v) is 7.25. The topological polar surface area (TPSA) is 55.8 Å². The molecule has 1 heterocycles. The molecule has 1 aliphatic heterocycles. The predicted molar refractivity (Wildman–Crippen MR) is 183 cm³/mol. The minimum atomic E-state index is -3.99. The molecule has 0 radical (unpaired) electrons. The molecule has 6 heteroatoms. The first-order chi connectivity index (χ1) is 20.9. The molecule has 5 nitrogen and oxygen atoms in total. The highest BCUT2D eigenvalue weighted by Crippen LogP contribution is 2.46. The highest BCUT2D eigenvalue weighted by Gasteiger charge is 2.32. The van der Waals surface area contributed by atoms with Crippen LogP contribution in [0.25, 0.3) is 0 Å². The highest BCUT2D eigenvalue weighted by atomic mass is 31.2. The van der Waals surface area contributed by atoms with Gasteiger partial charge in [-0.25, -0.2) is 4.57 Å². The van der Waals surface area contributed by atoms with Crippen LogP contribution in [0.2, 0.25) is 0 Å². The van der Waals surface area contributed by atoms with Crippen LogP contribution in [0.5, 0.6) is 0 Å². The fraction of sp³-hybridized carbons (Fsp3) is 0.784. The van der Waals surface area contributed by atoms with E-state index in [0.29, 0.717) is 6.61 Å². The van der Waals surface area contributed by atoms with Crippen LogP contribution < -0.4 is 0 Å². The summed E-state index contributed by atoms with van der Waals surface area (Å²) in [6.45, 7) is 5.72. The van der Waals surface area contributed by atoms with E-state index < -0.39 is 7.82 Å². The molecule has 2 rings (SSSR count). The van der Waals surface area contributed by atoms with Crippen molar-refractivity contribution in [2.24, 2.45) is 0 Å². The number of benzene rings is 1. The minimum Gasteiger partial charge on any atom is -0.326 e. The predicted octanol–water partition coefficient (Wildman–Crippen LogP) is 11.0. The van der Waals surface area contributed by atoms with E-state index in [9.17, 15) is 9.46 Å². The number of hydrogen-bond donors (Lipinski definition) is 1. The molecule has 0 aliphatic carbocycles. The van der Waals surface area contributed by atoms with Gasteiger partial charge in [-0.3, -0.25) is 9.05 Å². The summed E-state index contributed by atoms with van der Waals surface area (Å²) < 4.78 is 24.5. The van der Waals surface area contributed by atoms with Gasteiger partial charge in [-0.05, 0) is 50.5 Å². The first-order valence-electron chi connectivity index (χ1n) is 18.1. The summed E-state index contributed by atoms with van der Waals surface area (Å²) in [5, 5.41) is 0. The van der Waals surface area contributed by atoms with Gasteiger partial charge in [0.1, 0.15) is 0 Å². The molecule has 1 N–H and O–H groups in total. The van der Waals surface area contributed by atoms with Crippen molar-refractivity contribution in [1.29, 1.82) is 0 Å². The molecule has 248 valence electrons. The van der Waals surface area contributed by atoms with Crippen molar-refractivity contribution in [3.05, 3.63) is 48.0 Å². The molecule has 3 atom stereocenters. The van der Waals surface area contributed by atoms with Gasteiger partial charge in [0.05, 0.1) is 39.4 Å². The number of rotatable bonds is 26. The second-order valence-corrected chi connectivity index (χ2v) is 14.7. The summed E-state index contributed by atoms with van der Waals surface area (Å²) in [6.07, 6.45) is 31.4. The number of phosphoric acid groups is 1. The number of likely N-dealkylation sites (N-methyl/N-ethyl adjacent to an activating group) is 1. The normalized spacial score (nSPS) is 20.8. The van der Waals surface area contributed by atoms with Crippen molar-refractivity contribution in [2.45, 2.75) is 154 Å². The molecule has 0 spiro atoms. The lowest BCUT2D eigenvalue weighted by molar-refractivity contribution is -0.908. The Morgan fingerprint density at radius 3 is 1.95 bits per heavy atom. The van der Waals surface area contributed by atoms with E-state index >= 15 is 0 Å². The third-order valence-corrected chi connectivity index (χ3v) is 10.3. The number of phosphoric ester groups is 1. The van der Waals surface area contributed by atoms with Crippen molar-refractivity contribution in [1.82, 2.24) is 0 Å². The summed E-state index contributed by atoms with van der Waals surface area (Å²) in [5.74, 6) is 0. The molecule has 0 bridgehead atoms. The summed E-state index contributed by atoms with van der Waals surface area (Å²) in [4.78, 5) is 10.3. The van der Waals surface area contributed by atoms with Crippen LogP contribution >= 0.6 is 7.82 Å². The average molecular weight is 621 g/mol. The Kier molecular flexibility index (Phi) is 21.6. The van der Waals surface area contributed by atoms with Crippen molar-refractivity contribution in [3.8, 4) is 0 Å². The van der Waals surface area contributed by atoms with Gasteiger partial charge in [-0.1, -0.05) is 133 Å². The zero-order valence-corrected chi connectivity index (χ0v) is 29.0. The van der Waals surface area contributed by atoms with Crippen LogP contribution in [0.1, 0.15) is 147 Å². The smallest absolute Gasteiger partial charge is 0.326 e. The summed E-state index contributed by atoms with van der Waals surface area (Å²) in [6, 6.07) is 10.6. The third-order valence-electron chi connectivity index (χ3n) is 9.19. The van der Waals surface area contributed by atoms with Crippen LogP contribution in [0.3, 0.4) is 0 Å².